The van der Waals surface area contributed by atoms with Crippen LogP contribution in [0.1, 0.15) is 18.1 Å². The van der Waals surface area contributed by atoms with Crippen molar-refractivity contribution < 1.29 is 20.1 Å². The first-order chi connectivity index (χ1) is 8.97. The number of aliphatic hydroxyl groups excluding tert-OH is 2. The predicted molar refractivity (Wildman–Crippen MR) is 70.4 cm³/mol. The zero-order chi connectivity index (χ0) is 14.0. The van der Waals surface area contributed by atoms with Crippen LogP contribution in [0.15, 0.2) is 36.4 Å². The summed E-state index contributed by atoms with van der Waals surface area (Å²) < 4.78 is 0. The summed E-state index contributed by atoms with van der Waals surface area (Å²) >= 11 is 0. The molecule has 5 nitrogen and oxygen atoms in total. The van der Waals surface area contributed by atoms with E-state index >= 15 is 0 Å². The van der Waals surface area contributed by atoms with Crippen molar-refractivity contribution in [2.24, 2.45) is 5.73 Å². The largest absolute Gasteiger partial charge is 0.508 e. The summed E-state index contributed by atoms with van der Waals surface area (Å²) in [6.07, 6.45) is -2.70. The molecule has 0 aliphatic heterocycles. The van der Waals surface area contributed by atoms with Crippen LogP contribution < -0.4 is 5.73 Å². The fraction of sp³-hybridized carbons (Fsp3) is 0.214. The van der Waals surface area contributed by atoms with Crippen LogP contribution in [-0.4, -0.2) is 27.3 Å². The molecule has 0 bridgehead atoms. The SMILES string of the molecule is NC(=O)CC(O)C(O)c1ccc2cc(O)ccc2c1. The molecule has 5 heteroatoms. The van der Waals surface area contributed by atoms with Gasteiger partial charge < -0.3 is 21.1 Å². The molecule has 100 valence electrons. The monoisotopic (exact) mass is 261 g/mol. The summed E-state index contributed by atoms with van der Waals surface area (Å²) in [6.45, 7) is 0. The maximum absolute atomic E-state index is 10.7. The summed E-state index contributed by atoms with van der Waals surface area (Å²) in [6, 6.07) is 9.91. The highest BCUT2D eigenvalue weighted by atomic mass is 16.3. The first kappa shape index (κ1) is 13.3. The van der Waals surface area contributed by atoms with E-state index in [9.17, 15) is 20.1 Å². The molecule has 0 aromatic heterocycles. The number of carbonyl (C=O) groups is 1. The van der Waals surface area contributed by atoms with Gasteiger partial charge in [-0.3, -0.25) is 4.79 Å². The summed E-state index contributed by atoms with van der Waals surface area (Å²) in [4.78, 5) is 10.7. The van der Waals surface area contributed by atoms with Gasteiger partial charge in [-0.15, -0.1) is 0 Å². The number of rotatable bonds is 4. The molecule has 2 unspecified atom stereocenters. The van der Waals surface area contributed by atoms with Crippen LogP contribution in [0, 0.1) is 0 Å². The Kier molecular flexibility index (Phi) is 3.69. The zero-order valence-corrected chi connectivity index (χ0v) is 10.2. The van der Waals surface area contributed by atoms with E-state index in [4.69, 9.17) is 5.73 Å². The van der Waals surface area contributed by atoms with Gasteiger partial charge in [0.2, 0.25) is 5.91 Å². The van der Waals surface area contributed by atoms with E-state index in [-0.39, 0.29) is 12.2 Å². The fourth-order valence-electron chi connectivity index (χ4n) is 1.98. The Morgan fingerprint density at radius 3 is 2.42 bits per heavy atom. The lowest BCUT2D eigenvalue weighted by molar-refractivity contribution is -0.121. The van der Waals surface area contributed by atoms with Crippen molar-refractivity contribution in [3.8, 4) is 5.75 Å². The predicted octanol–water partition coefficient (Wildman–Crippen LogP) is 0.815. The molecule has 2 aromatic carbocycles. The van der Waals surface area contributed by atoms with Crippen LogP contribution in [0.2, 0.25) is 0 Å². The first-order valence-corrected chi connectivity index (χ1v) is 5.84. The molecular formula is C14H15NO4. The number of carbonyl (C=O) groups excluding carboxylic acids is 1. The second-order valence-electron chi connectivity index (χ2n) is 4.47. The first-order valence-electron chi connectivity index (χ1n) is 5.84. The topological polar surface area (TPSA) is 104 Å². The molecule has 0 spiro atoms. The zero-order valence-electron chi connectivity index (χ0n) is 10.2. The van der Waals surface area contributed by atoms with Crippen molar-refractivity contribution in [1.82, 2.24) is 0 Å². The van der Waals surface area contributed by atoms with Gasteiger partial charge in [0, 0.05) is 0 Å². The highest BCUT2D eigenvalue weighted by Crippen LogP contribution is 2.25. The summed E-state index contributed by atoms with van der Waals surface area (Å²) in [5.74, 6) is -0.508. The van der Waals surface area contributed by atoms with Gasteiger partial charge in [-0.05, 0) is 34.5 Å². The van der Waals surface area contributed by atoms with Crippen molar-refractivity contribution in [3.63, 3.8) is 0 Å². The maximum Gasteiger partial charge on any atom is 0.220 e. The number of aliphatic hydroxyl groups is 2. The number of phenolic OH excluding ortho intramolecular Hbond substituents is 1. The van der Waals surface area contributed by atoms with E-state index in [1.165, 1.54) is 0 Å². The molecule has 0 aliphatic rings. The Morgan fingerprint density at radius 1 is 1.11 bits per heavy atom. The number of phenols is 1. The minimum Gasteiger partial charge on any atom is -0.508 e. The van der Waals surface area contributed by atoms with Gasteiger partial charge in [0.15, 0.2) is 0 Å². The number of aromatic hydroxyl groups is 1. The third kappa shape index (κ3) is 3.01. The smallest absolute Gasteiger partial charge is 0.220 e. The van der Waals surface area contributed by atoms with Crippen molar-refractivity contribution in [2.45, 2.75) is 18.6 Å². The minimum absolute atomic E-state index is 0.162. The third-order valence-electron chi connectivity index (χ3n) is 2.96. The Bertz CT molecular complexity index is 611. The van der Waals surface area contributed by atoms with Gasteiger partial charge in [0.25, 0.3) is 0 Å². The lowest BCUT2D eigenvalue weighted by Gasteiger charge is -2.17. The molecule has 5 N–H and O–H groups in total. The van der Waals surface area contributed by atoms with E-state index in [0.717, 1.165) is 10.8 Å². The number of hydrogen-bond donors (Lipinski definition) is 4. The normalized spacial score (nSPS) is 14.2. The molecule has 0 fully saturated rings. The average molecular weight is 261 g/mol. The van der Waals surface area contributed by atoms with Crippen molar-refractivity contribution in [2.75, 3.05) is 0 Å². The number of benzene rings is 2. The molecule has 0 radical (unpaired) electrons. The lowest BCUT2D eigenvalue weighted by atomic mass is 9.98. The number of fused-ring (bicyclic) bond motifs is 1. The number of nitrogens with two attached hydrogens (primary N) is 1. The Labute approximate surface area is 109 Å². The fourth-order valence-corrected chi connectivity index (χ4v) is 1.98. The van der Waals surface area contributed by atoms with Crippen LogP contribution in [0.4, 0.5) is 0 Å². The Balaban J connectivity index is 2.30. The number of amides is 1. The lowest BCUT2D eigenvalue weighted by Crippen LogP contribution is -2.25. The maximum atomic E-state index is 10.7. The molecule has 2 rings (SSSR count). The van der Waals surface area contributed by atoms with Gasteiger partial charge in [-0.1, -0.05) is 18.2 Å². The molecular weight excluding hydrogens is 246 g/mol. The van der Waals surface area contributed by atoms with Crippen LogP contribution in [0.25, 0.3) is 10.8 Å². The summed E-state index contributed by atoms with van der Waals surface area (Å²) in [5, 5.41) is 30.6. The third-order valence-corrected chi connectivity index (χ3v) is 2.96. The minimum atomic E-state index is -1.23. The van der Waals surface area contributed by atoms with E-state index in [1.54, 1.807) is 36.4 Å². The van der Waals surface area contributed by atoms with Gasteiger partial charge >= 0.3 is 0 Å². The van der Waals surface area contributed by atoms with Crippen LogP contribution in [0.3, 0.4) is 0 Å². The van der Waals surface area contributed by atoms with Crippen molar-refractivity contribution in [1.29, 1.82) is 0 Å². The van der Waals surface area contributed by atoms with E-state index in [2.05, 4.69) is 0 Å². The molecule has 2 atom stereocenters. The molecule has 0 saturated heterocycles. The molecule has 0 heterocycles. The number of primary amides is 1. The summed E-state index contributed by atoms with van der Waals surface area (Å²) in [5.41, 5.74) is 5.47. The second kappa shape index (κ2) is 5.26. The molecule has 0 saturated carbocycles. The van der Waals surface area contributed by atoms with E-state index < -0.39 is 18.1 Å². The molecule has 1 amide bonds. The Morgan fingerprint density at radius 2 is 1.74 bits per heavy atom. The van der Waals surface area contributed by atoms with Gasteiger partial charge in [-0.2, -0.15) is 0 Å². The van der Waals surface area contributed by atoms with Gasteiger partial charge in [-0.25, -0.2) is 0 Å². The van der Waals surface area contributed by atoms with Crippen LogP contribution in [0.5, 0.6) is 5.75 Å². The Hall–Kier alpha value is -2.11. The molecule has 19 heavy (non-hydrogen) atoms. The second-order valence-corrected chi connectivity index (χ2v) is 4.47. The van der Waals surface area contributed by atoms with Crippen molar-refractivity contribution >= 4 is 16.7 Å². The average Bonchev–Trinajstić information content (AvgIpc) is 2.36. The highest BCUT2D eigenvalue weighted by Gasteiger charge is 2.20. The van der Waals surface area contributed by atoms with E-state index in [0.29, 0.717) is 5.56 Å². The highest BCUT2D eigenvalue weighted by molar-refractivity contribution is 5.84. The van der Waals surface area contributed by atoms with Gasteiger partial charge in [0.1, 0.15) is 11.9 Å². The quantitative estimate of drug-likeness (QED) is 0.654. The molecule has 0 aliphatic carbocycles. The summed E-state index contributed by atoms with van der Waals surface area (Å²) in [7, 11) is 0. The standard InChI is InChI=1S/C14H15NO4/c15-13(18)7-12(17)14(19)10-2-1-9-6-11(16)4-3-8(9)5-10/h1-6,12,14,16-17,19H,7H2,(H2,15,18). The number of hydrogen-bond acceptors (Lipinski definition) is 4. The van der Waals surface area contributed by atoms with Crippen LogP contribution in [-0.2, 0) is 4.79 Å². The van der Waals surface area contributed by atoms with E-state index in [1.807, 2.05) is 0 Å². The van der Waals surface area contributed by atoms with Gasteiger partial charge in [0.05, 0.1) is 12.5 Å². The van der Waals surface area contributed by atoms with Crippen LogP contribution >= 0.6 is 0 Å². The van der Waals surface area contributed by atoms with Crippen molar-refractivity contribution in [3.05, 3.63) is 42.0 Å². The molecule has 2 aromatic rings.